The maximum atomic E-state index is 8.92. The number of aromatic nitrogens is 1. The molecule has 2 aliphatic rings. The molecule has 2 unspecified atom stereocenters. The van der Waals surface area contributed by atoms with E-state index in [4.69, 9.17) is 15.9 Å². The summed E-state index contributed by atoms with van der Waals surface area (Å²) in [5.74, 6) is 0.0393. The lowest BCUT2D eigenvalue weighted by molar-refractivity contribution is 0.198. The highest BCUT2D eigenvalue weighted by Crippen LogP contribution is 2.39. The van der Waals surface area contributed by atoms with Gasteiger partial charge in [-0.1, -0.05) is 146 Å². The molecule has 9 rings (SSSR count). The van der Waals surface area contributed by atoms with Crippen molar-refractivity contribution in [2.75, 3.05) is 0 Å². The molecule has 5 heteroatoms. The van der Waals surface area contributed by atoms with Crippen molar-refractivity contribution in [1.82, 2.24) is 9.88 Å². The highest BCUT2D eigenvalue weighted by molar-refractivity contribution is 5.93. The number of rotatable bonds is 8. The van der Waals surface area contributed by atoms with Gasteiger partial charge in [-0.3, -0.25) is 11.1 Å². The number of aryl methyl sites for hydroxylation is 1. The Bertz CT molecular complexity index is 2600. The second-order valence-electron chi connectivity index (χ2n) is 14.2. The van der Waals surface area contributed by atoms with Gasteiger partial charge in [0, 0.05) is 27.9 Å². The molecule has 55 heavy (non-hydrogen) atoms. The van der Waals surface area contributed by atoms with E-state index in [-0.39, 0.29) is 11.9 Å². The molecule has 0 fully saturated rings. The first-order valence-corrected chi connectivity index (χ1v) is 19.0. The van der Waals surface area contributed by atoms with Gasteiger partial charge in [0.25, 0.3) is 0 Å². The Morgan fingerprint density at radius 2 is 1.40 bits per heavy atom. The molecule has 268 valence electrons. The van der Waals surface area contributed by atoms with Crippen molar-refractivity contribution in [2.45, 2.75) is 31.5 Å². The smallest absolute Gasteiger partial charge is 0.215 e. The maximum Gasteiger partial charge on any atom is 0.215 e. The van der Waals surface area contributed by atoms with Gasteiger partial charge in [-0.05, 0) is 94.6 Å². The standard InChI is InChI=1S/C50H42N4O/c51-49(39-20-14-19-36(31-39)34-15-4-1-5-16-34)55-50(52)44-25-11-10-23-41(44)37-28-30-45(53-46(32-37)35-17-6-2-7-18-35)38-27-29-43-42-24-12-13-26-47(42)54(48(43)33-38)40-21-8-3-9-22-40/h1-26,30-33,46,50-51,53H,27-29,52H2. The molecule has 7 aromatic rings. The average molecular weight is 715 g/mol. The summed E-state index contributed by atoms with van der Waals surface area (Å²) in [6, 6.07) is 56.2. The fourth-order valence-electron chi connectivity index (χ4n) is 8.08. The minimum atomic E-state index is -0.834. The number of allylic oxidation sites excluding steroid dienone is 3. The third-order valence-electron chi connectivity index (χ3n) is 10.8. The zero-order valence-corrected chi connectivity index (χ0v) is 30.5. The summed E-state index contributed by atoms with van der Waals surface area (Å²) in [5.41, 5.74) is 21.3. The number of hydrogen-bond acceptors (Lipinski definition) is 4. The van der Waals surface area contributed by atoms with E-state index in [2.05, 4.69) is 137 Å². The summed E-state index contributed by atoms with van der Waals surface area (Å²) in [7, 11) is 0. The van der Waals surface area contributed by atoms with Gasteiger partial charge in [0.05, 0.1) is 17.3 Å². The monoisotopic (exact) mass is 714 g/mol. The number of para-hydroxylation sites is 2. The van der Waals surface area contributed by atoms with E-state index in [0.717, 1.165) is 46.4 Å². The van der Waals surface area contributed by atoms with Crippen molar-refractivity contribution >= 4 is 28.4 Å². The fraction of sp³-hybridized carbons (Fsp3) is 0.100. The first-order chi connectivity index (χ1) is 27.1. The Kier molecular flexibility index (Phi) is 9.29. The van der Waals surface area contributed by atoms with E-state index in [1.54, 1.807) is 0 Å². The fourth-order valence-corrected chi connectivity index (χ4v) is 8.08. The van der Waals surface area contributed by atoms with Crippen LogP contribution in [-0.4, -0.2) is 10.5 Å². The normalized spacial score (nSPS) is 15.8. The van der Waals surface area contributed by atoms with Crippen LogP contribution in [-0.2, 0) is 11.2 Å². The molecule has 6 aromatic carbocycles. The largest absolute Gasteiger partial charge is 0.454 e. The molecule has 1 aliphatic heterocycles. The van der Waals surface area contributed by atoms with Gasteiger partial charge in [-0.25, -0.2) is 0 Å². The van der Waals surface area contributed by atoms with Gasteiger partial charge in [0.15, 0.2) is 6.23 Å². The Balaban J connectivity index is 1.05. The zero-order chi connectivity index (χ0) is 37.1. The summed E-state index contributed by atoms with van der Waals surface area (Å²) in [6.45, 7) is 0. The Morgan fingerprint density at radius 1 is 0.709 bits per heavy atom. The minimum Gasteiger partial charge on any atom is -0.454 e. The minimum absolute atomic E-state index is 0.0393. The quantitative estimate of drug-likeness (QED) is 0.0833. The summed E-state index contributed by atoms with van der Waals surface area (Å²) in [4.78, 5) is 0. The van der Waals surface area contributed by atoms with E-state index >= 15 is 0 Å². The van der Waals surface area contributed by atoms with Crippen molar-refractivity contribution < 1.29 is 4.74 Å². The molecule has 0 spiro atoms. The van der Waals surface area contributed by atoms with E-state index in [1.165, 1.54) is 39.0 Å². The lowest BCUT2D eigenvalue weighted by atomic mass is 9.92. The number of nitrogens with two attached hydrogens (primary N) is 1. The first-order valence-electron chi connectivity index (χ1n) is 19.0. The topological polar surface area (TPSA) is 76.1 Å². The molecule has 0 saturated heterocycles. The number of ether oxygens (including phenoxy) is 1. The third-order valence-corrected chi connectivity index (χ3v) is 10.8. The van der Waals surface area contributed by atoms with Crippen LogP contribution in [0.3, 0.4) is 0 Å². The van der Waals surface area contributed by atoms with Crippen molar-refractivity contribution in [3.63, 3.8) is 0 Å². The molecule has 1 aliphatic carbocycles. The second kappa shape index (κ2) is 15.0. The summed E-state index contributed by atoms with van der Waals surface area (Å²) >= 11 is 0. The molecule has 0 radical (unpaired) electrons. The lowest BCUT2D eigenvalue weighted by Gasteiger charge is -2.23. The van der Waals surface area contributed by atoms with Crippen LogP contribution < -0.4 is 11.1 Å². The van der Waals surface area contributed by atoms with Crippen LogP contribution in [0, 0.1) is 5.41 Å². The van der Waals surface area contributed by atoms with Crippen molar-refractivity contribution in [3.8, 4) is 16.8 Å². The number of nitrogens with zero attached hydrogens (tertiary/aromatic N) is 1. The van der Waals surface area contributed by atoms with Crippen LogP contribution in [0.25, 0.3) is 39.4 Å². The van der Waals surface area contributed by atoms with Crippen molar-refractivity contribution in [1.29, 1.82) is 5.41 Å². The van der Waals surface area contributed by atoms with Gasteiger partial charge in [-0.15, -0.1) is 0 Å². The van der Waals surface area contributed by atoms with Gasteiger partial charge in [0.1, 0.15) is 0 Å². The van der Waals surface area contributed by atoms with Gasteiger partial charge in [-0.2, -0.15) is 0 Å². The van der Waals surface area contributed by atoms with E-state index in [0.29, 0.717) is 12.0 Å². The Labute approximate surface area is 322 Å². The van der Waals surface area contributed by atoms with Crippen molar-refractivity contribution in [2.24, 2.45) is 5.73 Å². The van der Waals surface area contributed by atoms with Crippen LogP contribution in [0.1, 0.15) is 58.6 Å². The third kappa shape index (κ3) is 6.82. The first kappa shape index (κ1) is 34.1. The van der Waals surface area contributed by atoms with E-state index < -0.39 is 6.23 Å². The van der Waals surface area contributed by atoms with E-state index in [9.17, 15) is 0 Å². The second-order valence-corrected chi connectivity index (χ2v) is 14.2. The molecular formula is C50H42N4O. The van der Waals surface area contributed by atoms with Crippen LogP contribution in [0.4, 0.5) is 0 Å². The number of fused-ring (bicyclic) bond motifs is 3. The maximum absolute atomic E-state index is 8.92. The van der Waals surface area contributed by atoms with Gasteiger partial charge in [0.2, 0.25) is 5.90 Å². The predicted octanol–water partition coefficient (Wildman–Crippen LogP) is 11.3. The number of nitrogens with one attached hydrogen (secondary N) is 2. The van der Waals surface area contributed by atoms with Gasteiger partial charge >= 0.3 is 0 Å². The summed E-state index contributed by atoms with van der Waals surface area (Å²) < 4.78 is 8.61. The Morgan fingerprint density at radius 3 is 2.22 bits per heavy atom. The van der Waals surface area contributed by atoms with Crippen LogP contribution >= 0.6 is 0 Å². The van der Waals surface area contributed by atoms with Crippen LogP contribution in [0.2, 0.25) is 0 Å². The summed E-state index contributed by atoms with van der Waals surface area (Å²) in [5, 5.41) is 14.2. The molecule has 0 bridgehead atoms. The van der Waals surface area contributed by atoms with Gasteiger partial charge < -0.3 is 14.6 Å². The number of benzene rings is 6. The molecule has 1 aromatic heterocycles. The lowest BCUT2D eigenvalue weighted by Crippen LogP contribution is -2.21. The predicted molar refractivity (Wildman–Crippen MR) is 226 cm³/mol. The highest BCUT2D eigenvalue weighted by atomic mass is 16.5. The molecule has 0 saturated carbocycles. The molecule has 2 heterocycles. The van der Waals surface area contributed by atoms with Crippen LogP contribution in [0.15, 0.2) is 187 Å². The molecule has 2 atom stereocenters. The zero-order valence-electron chi connectivity index (χ0n) is 30.5. The van der Waals surface area contributed by atoms with E-state index in [1.807, 2.05) is 54.6 Å². The number of hydrogen-bond donors (Lipinski definition) is 3. The molecular weight excluding hydrogens is 673 g/mol. The Hall–Kier alpha value is -6.69. The van der Waals surface area contributed by atoms with Crippen molar-refractivity contribution in [3.05, 3.63) is 221 Å². The van der Waals surface area contributed by atoms with Crippen LogP contribution in [0.5, 0.6) is 0 Å². The SMILES string of the molecule is N=C(OC(N)c1ccccc1C1=CC(c2ccccc2)NC(C2=Cc3c(c4ccccc4n3-c3ccccc3)CC2)=CC1)c1cccc(-c2ccccc2)c1. The average Bonchev–Trinajstić information content (AvgIpc) is 3.41. The molecule has 5 nitrogen and oxygen atoms in total. The highest BCUT2D eigenvalue weighted by Gasteiger charge is 2.26. The molecule has 0 amide bonds. The summed E-state index contributed by atoms with van der Waals surface area (Å²) in [6.07, 6.45) is 8.83. The molecule has 4 N–H and O–H groups in total.